The lowest BCUT2D eigenvalue weighted by molar-refractivity contribution is -0.147. The van der Waals surface area contributed by atoms with Crippen LogP contribution in [-0.2, 0) is 20.9 Å². The number of hydrogen-bond donors (Lipinski definition) is 0. The lowest BCUT2D eigenvalue weighted by Gasteiger charge is -2.34. The van der Waals surface area contributed by atoms with E-state index in [1.165, 1.54) is 19.3 Å². The third-order valence-corrected chi connectivity index (χ3v) is 5.53. The Morgan fingerprint density at radius 2 is 1.81 bits per heavy atom. The number of ether oxygens (including phenoxy) is 2. The zero-order chi connectivity index (χ0) is 19.4. The summed E-state index contributed by atoms with van der Waals surface area (Å²) in [6, 6.07) is 9.04. The van der Waals surface area contributed by atoms with Gasteiger partial charge in [-0.25, -0.2) is 9.59 Å². The van der Waals surface area contributed by atoms with E-state index in [2.05, 4.69) is 0 Å². The quantitative estimate of drug-likeness (QED) is 0.705. The van der Waals surface area contributed by atoms with Crippen LogP contribution in [0.25, 0.3) is 0 Å². The summed E-state index contributed by atoms with van der Waals surface area (Å²) in [6.45, 7) is 6.12. The molecule has 0 radical (unpaired) electrons. The van der Waals surface area contributed by atoms with Crippen LogP contribution in [0.15, 0.2) is 30.3 Å². The van der Waals surface area contributed by atoms with Gasteiger partial charge in [0, 0.05) is 5.41 Å². The molecule has 1 aliphatic heterocycles. The molecule has 5 heteroatoms. The first-order valence-corrected chi connectivity index (χ1v) is 10.1. The summed E-state index contributed by atoms with van der Waals surface area (Å²) in [6.07, 6.45) is 5.52. The second-order valence-corrected chi connectivity index (χ2v) is 8.86. The van der Waals surface area contributed by atoms with Crippen LogP contribution in [0.2, 0.25) is 0 Å². The Morgan fingerprint density at radius 3 is 2.44 bits per heavy atom. The highest BCUT2D eigenvalue weighted by Gasteiger charge is 2.51. The van der Waals surface area contributed by atoms with Gasteiger partial charge in [-0.15, -0.1) is 0 Å². The SMILES string of the molecule is CC(C)(C)[C@@H]1OC(=O)[C@H](CC2CCCCC2)N1C(=O)OCc1ccccc1. The van der Waals surface area contributed by atoms with Gasteiger partial charge in [0.25, 0.3) is 0 Å². The molecule has 0 unspecified atom stereocenters. The molecule has 1 aromatic carbocycles. The summed E-state index contributed by atoms with van der Waals surface area (Å²) in [5, 5.41) is 0. The lowest BCUT2D eigenvalue weighted by Crippen LogP contribution is -2.48. The van der Waals surface area contributed by atoms with Crippen LogP contribution >= 0.6 is 0 Å². The van der Waals surface area contributed by atoms with Gasteiger partial charge in [-0.2, -0.15) is 0 Å². The normalized spacial score (nSPS) is 24.0. The molecule has 2 atom stereocenters. The van der Waals surface area contributed by atoms with E-state index < -0.39 is 18.4 Å². The third-order valence-electron chi connectivity index (χ3n) is 5.53. The van der Waals surface area contributed by atoms with Gasteiger partial charge in [-0.1, -0.05) is 83.2 Å². The number of carbonyl (C=O) groups is 2. The maximum Gasteiger partial charge on any atom is 0.413 e. The molecule has 2 fully saturated rings. The minimum atomic E-state index is -0.595. The topological polar surface area (TPSA) is 55.8 Å². The Morgan fingerprint density at radius 1 is 1.15 bits per heavy atom. The maximum absolute atomic E-state index is 12.9. The number of carbonyl (C=O) groups excluding carboxylic acids is 2. The summed E-state index contributed by atoms with van der Waals surface area (Å²) < 4.78 is 11.2. The number of cyclic esters (lactones) is 1. The zero-order valence-electron chi connectivity index (χ0n) is 16.6. The summed E-state index contributed by atoms with van der Waals surface area (Å²) in [7, 11) is 0. The van der Waals surface area contributed by atoms with Gasteiger partial charge >= 0.3 is 12.1 Å². The van der Waals surface area contributed by atoms with Crippen LogP contribution in [0.4, 0.5) is 4.79 Å². The first-order chi connectivity index (χ1) is 12.9. The number of rotatable bonds is 4. The van der Waals surface area contributed by atoms with Gasteiger partial charge in [-0.05, 0) is 17.9 Å². The van der Waals surface area contributed by atoms with Crippen LogP contribution in [0.5, 0.6) is 0 Å². The number of nitrogens with zero attached hydrogens (tertiary/aromatic N) is 1. The molecule has 1 heterocycles. The minimum absolute atomic E-state index is 0.192. The molecule has 1 saturated carbocycles. The average molecular weight is 373 g/mol. The van der Waals surface area contributed by atoms with Gasteiger partial charge in [0.2, 0.25) is 0 Å². The van der Waals surface area contributed by atoms with Crippen LogP contribution in [0.3, 0.4) is 0 Å². The molecule has 0 bridgehead atoms. The molecule has 3 rings (SSSR count). The van der Waals surface area contributed by atoms with E-state index in [-0.39, 0.29) is 18.0 Å². The fourth-order valence-electron chi connectivity index (χ4n) is 4.08. The van der Waals surface area contributed by atoms with Crippen LogP contribution in [0, 0.1) is 11.3 Å². The van der Waals surface area contributed by atoms with Gasteiger partial charge in [0.15, 0.2) is 6.23 Å². The highest BCUT2D eigenvalue weighted by atomic mass is 16.6. The highest BCUT2D eigenvalue weighted by Crippen LogP contribution is 2.37. The van der Waals surface area contributed by atoms with E-state index in [1.807, 2.05) is 51.1 Å². The molecule has 2 aliphatic rings. The minimum Gasteiger partial charge on any atom is -0.444 e. The Hall–Kier alpha value is -2.04. The largest absolute Gasteiger partial charge is 0.444 e. The highest BCUT2D eigenvalue weighted by molar-refractivity contribution is 5.84. The average Bonchev–Trinajstić information content (AvgIpc) is 2.98. The maximum atomic E-state index is 12.9. The van der Waals surface area contributed by atoms with E-state index in [4.69, 9.17) is 9.47 Å². The summed E-state index contributed by atoms with van der Waals surface area (Å²) in [5.41, 5.74) is 0.552. The van der Waals surface area contributed by atoms with Crippen molar-refractivity contribution in [1.29, 1.82) is 0 Å². The van der Waals surface area contributed by atoms with E-state index in [0.29, 0.717) is 12.3 Å². The van der Waals surface area contributed by atoms with Crippen LogP contribution < -0.4 is 0 Å². The predicted molar refractivity (Wildman–Crippen MR) is 103 cm³/mol. The van der Waals surface area contributed by atoms with Gasteiger partial charge in [0.05, 0.1) is 0 Å². The van der Waals surface area contributed by atoms with Crippen LogP contribution in [-0.4, -0.2) is 29.2 Å². The Balaban J connectivity index is 1.73. The van der Waals surface area contributed by atoms with Crippen molar-refractivity contribution >= 4 is 12.1 Å². The number of hydrogen-bond acceptors (Lipinski definition) is 4. The number of amides is 1. The smallest absolute Gasteiger partial charge is 0.413 e. The first-order valence-electron chi connectivity index (χ1n) is 10.1. The van der Waals surface area contributed by atoms with Gasteiger partial charge in [-0.3, -0.25) is 4.90 Å². The first kappa shape index (κ1) is 19.7. The van der Waals surface area contributed by atoms with E-state index in [1.54, 1.807) is 4.90 Å². The van der Waals surface area contributed by atoms with Crippen molar-refractivity contribution < 1.29 is 19.1 Å². The zero-order valence-corrected chi connectivity index (χ0v) is 16.6. The second kappa shape index (κ2) is 8.32. The molecular formula is C22H31NO4. The van der Waals surface area contributed by atoms with Crippen LogP contribution in [0.1, 0.15) is 64.9 Å². The molecule has 148 valence electrons. The fourth-order valence-corrected chi connectivity index (χ4v) is 4.08. The van der Waals surface area contributed by atoms with E-state index in [9.17, 15) is 9.59 Å². The Kier molecular flexibility index (Phi) is 6.08. The summed E-state index contributed by atoms with van der Waals surface area (Å²) in [4.78, 5) is 27.1. The van der Waals surface area contributed by atoms with Crippen molar-refractivity contribution in [2.24, 2.45) is 11.3 Å². The molecule has 1 aromatic rings. The standard InChI is InChI=1S/C22H31NO4/c1-22(2,3)20-23(21(25)26-15-17-12-8-5-9-13-17)18(19(24)27-20)14-16-10-6-4-7-11-16/h5,8-9,12-13,16,18,20H,4,6-7,10-11,14-15H2,1-3H3/t18-,20-/m0/s1. The molecule has 27 heavy (non-hydrogen) atoms. The molecule has 1 aliphatic carbocycles. The molecular weight excluding hydrogens is 342 g/mol. The lowest BCUT2D eigenvalue weighted by atomic mass is 9.84. The third kappa shape index (κ3) is 4.82. The molecule has 0 spiro atoms. The monoisotopic (exact) mass is 373 g/mol. The van der Waals surface area contributed by atoms with E-state index >= 15 is 0 Å². The Labute approximate surface area is 162 Å². The molecule has 0 N–H and O–H groups in total. The molecule has 1 saturated heterocycles. The van der Waals surface area contributed by atoms with Crippen molar-refractivity contribution in [3.05, 3.63) is 35.9 Å². The second-order valence-electron chi connectivity index (χ2n) is 8.86. The van der Waals surface area contributed by atoms with Crippen molar-refractivity contribution in [2.45, 2.75) is 78.2 Å². The van der Waals surface area contributed by atoms with Crippen molar-refractivity contribution in [1.82, 2.24) is 4.90 Å². The fraction of sp³-hybridized carbons (Fsp3) is 0.636. The number of esters is 1. The van der Waals surface area contributed by atoms with Gasteiger partial charge < -0.3 is 9.47 Å². The Bertz CT molecular complexity index is 646. The van der Waals surface area contributed by atoms with Crippen molar-refractivity contribution in [2.75, 3.05) is 0 Å². The predicted octanol–water partition coefficient (Wildman–Crippen LogP) is 4.89. The van der Waals surface area contributed by atoms with Gasteiger partial charge in [0.1, 0.15) is 12.6 Å². The molecule has 0 aromatic heterocycles. The molecule has 1 amide bonds. The summed E-state index contributed by atoms with van der Waals surface area (Å²) >= 11 is 0. The molecule has 5 nitrogen and oxygen atoms in total. The number of benzene rings is 1. The van der Waals surface area contributed by atoms with Crippen molar-refractivity contribution in [3.8, 4) is 0 Å². The summed E-state index contributed by atoms with van der Waals surface area (Å²) in [5.74, 6) is 0.177. The van der Waals surface area contributed by atoms with E-state index in [0.717, 1.165) is 18.4 Å². The van der Waals surface area contributed by atoms with Crippen molar-refractivity contribution in [3.63, 3.8) is 0 Å².